The van der Waals surface area contributed by atoms with Gasteiger partial charge < -0.3 is 5.32 Å². The van der Waals surface area contributed by atoms with Gasteiger partial charge in [0.15, 0.2) is 0 Å². The van der Waals surface area contributed by atoms with Gasteiger partial charge in [-0.2, -0.15) is 0 Å². The van der Waals surface area contributed by atoms with Crippen molar-refractivity contribution in [3.8, 4) is 0 Å². The number of hydrogen-bond donors (Lipinski definition) is 1. The van der Waals surface area contributed by atoms with Crippen LogP contribution in [0.4, 0.5) is 4.39 Å². The van der Waals surface area contributed by atoms with Crippen LogP contribution < -0.4 is 5.32 Å². The van der Waals surface area contributed by atoms with Crippen LogP contribution in [0.5, 0.6) is 0 Å². The minimum absolute atomic E-state index is 0.0943. The highest BCUT2D eigenvalue weighted by Crippen LogP contribution is 2.26. The Balaban J connectivity index is 2.25. The first kappa shape index (κ1) is 14.5. The molecule has 1 nitrogen and oxygen atoms in total. The monoisotopic (exact) mass is 341 g/mol. The van der Waals surface area contributed by atoms with Crippen LogP contribution in [0.3, 0.4) is 0 Å². The molecule has 2 aromatic carbocycles. The number of likely N-dealkylation sites (N-methyl/N-ethyl adjacent to an activating group) is 1. The van der Waals surface area contributed by atoms with Crippen LogP contribution in [0.1, 0.15) is 17.2 Å². The Morgan fingerprint density at radius 3 is 2.63 bits per heavy atom. The largest absolute Gasteiger partial charge is 0.313 e. The predicted octanol–water partition coefficient (Wildman–Crippen LogP) is 4.74. The summed E-state index contributed by atoms with van der Waals surface area (Å²) < 4.78 is 14.3. The zero-order chi connectivity index (χ0) is 13.8. The minimum Gasteiger partial charge on any atom is -0.313 e. The van der Waals surface area contributed by atoms with Crippen molar-refractivity contribution in [3.05, 3.63) is 68.9 Å². The number of benzene rings is 2. The second-order valence-electron chi connectivity index (χ2n) is 4.31. The van der Waals surface area contributed by atoms with Gasteiger partial charge >= 0.3 is 0 Å². The normalized spacial score (nSPS) is 12.4. The molecule has 2 rings (SSSR count). The summed E-state index contributed by atoms with van der Waals surface area (Å²) in [5.74, 6) is -0.388. The molecule has 1 N–H and O–H groups in total. The fourth-order valence-electron chi connectivity index (χ4n) is 2.00. The molecule has 0 bridgehead atoms. The van der Waals surface area contributed by atoms with Gasteiger partial charge in [-0.1, -0.05) is 51.8 Å². The first-order valence-corrected chi connectivity index (χ1v) is 7.14. The van der Waals surface area contributed by atoms with E-state index in [-0.39, 0.29) is 16.9 Å². The van der Waals surface area contributed by atoms with Crippen molar-refractivity contribution in [3.63, 3.8) is 0 Å². The number of halogens is 3. The van der Waals surface area contributed by atoms with Gasteiger partial charge in [0.05, 0.1) is 5.02 Å². The van der Waals surface area contributed by atoms with E-state index in [1.54, 1.807) is 12.1 Å². The van der Waals surface area contributed by atoms with Crippen LogP contribution in [-0.2, 0) is 6.42 Å². The summed E-state index contributed by atoms with van der Waals surface area (Å²) in [6, 6.07) is 13.0. The topological polar surface area (TPSA) is 12.0 Å². The summed E-state index contributed by atoms with van der Waals surface area (Å²) in [5.41, 5.74) is 2.17. The third-order valence-electron chi connectivity index (χ3n) is 3.08. The van der Waals surface area contributed by atoms with Crippen molar-refractivity contribution in [1.82, 2.24) is 5.32 Å². The molecule has 0 heterocycles. The third kappa shape index (κ3) is 3.56. The molecule has 0 fully saturated rings. The van der Waals surface area contributed by atoms with Crippen molar-refractivity contribution in [2.45, 2.75) is 12.5 Å². The van der Waals surface area contributed by atoms with E-state index in [2.05, 4.69) is 27.3 Å². The molecule has 0 aliphatic heterocycles. The van der Waals surface area contributed by atoms with Gasteiger partial charge in [0.2, 0.25) is 0 Å². The molecule has 100 valence electrons. The van der Waals surface area contributed by atoms with E-state index < -0.39 is 0 Å². The highest BCUT2D eigenvalue weighted by Gasteiger charge is 2.13. The fourth-order valence-corrected chi connectivity index (χ4v) is 2.64. The van der Waals surface area contributed by atoms with Crippen molar-refractivity contribution in [1.29, 1.82) is 0 Å². The van der Waals surface area contributed by atoms with Crippen LogP contribution in [0.25, 0.3) is 0 Å². The Kier molecular flexibility index (Phi) is 4.97. The molecule has 2 aromatic rings. The van der Waals surface area contributed by atoms with Crippen molar-refractivity contribution < 1.29 is 4.39 Å². The lowest BCUT2D eigenvalue weighted by atomic mass is 9.99. The molecule has 0 radical (unpaired) electrons. The average molecular weight is 343 g/mol. The number of rotatable bonds is 4. The van der Waals surface area contributed by atoms with Crippen LogP contribution >= 0.6 is 27.5 Å². The third-order valence-corrected chi connectivity index (χ3v) is 4.14. The maximum atomic E-state index is 13.2. The summed E-state index contributed by atoms with van der Waals surface area (Å²) in [6.45, 7) is 0. The Bertz CT molecular complexity index is 574. The zero-order valence-corrected chi connectivity index (χ0v) is 12.8. The number of hydrogen-bond acceptors (Lipinski definition) is 1. The van der Waals surface area contributed by atoms with Crippen LogP contribution in [-0.4, -0.2) is 7.05 Å². The molecule has 0 spiro atoms. The van der Waals surface area contributed by atoms with Crippen molar-refractivity contribution in [2.24, 2.45) is 0 Å². The van der Waals surface area contributed by atoms with E-state index in [1.807, 2.05) is 25.2 Å². The second kappa shape index (κ2) is 6.51. The van der Waals surface area contributed by atoms with Crippen LogP contribution in [0.2, 0.25) is 5.02 Å². The van der Waals surface area contributed by atoms with E-state index in [1.165, 1.54) is 11.6 Å². The average Bonchev–Trinajstić information content (AvgIpc) is 2.41. The van der Waals surface area contributed by atoms with Gasteiger partial charge in [0.1, 0.15) is 5.82 Å². The smallest absolute Gasteiger partial charge is 0.141 e. The molecule has 1 unspecified atom stereocenters. The van der Waals surface area contributed by atoms with E-state index in [9.17, 15) is 4.39 Å². The maximum absolute atomic E-state index is 13.2. The van der Waals surface area contributed by atoms with Crippen molar-refractivity contribution >= 4 is 27.5 Å². The Morgan fingerprint density at radius 2 is 2.00 bits per heavy atom. The molecule has 4 heteroatoms. The second-order valence-corrected chi connectivity index (χ2v) is 5.57. The molecule has 19 heavy (non-hydrogen) atoms. The summed E-state index contributed by atoms with van der Waals surface area (Å²) in [7, 11) is 1.89. The highest BCUT2D eigenvalue weighted by molar-refractivity contribution is 9.10. The van der Waals surface area contributed by atoms with Gasteiger partial charge in [-0.3, -0.25) is 0 Å². The lowest BCUT2D eigenvalue weighted by Crippen LogP contribution is -2.19. The fraction of sp³-hybridized carbons (Fsp3) is 0.200. The lowest BCUT2D eigenvalue weighted by molar-refractivity contribution is 0.585. The van der Waals surface area contributed by atoms with Gasteiger partial charge in [-0.05, 0) is 42.8 Å². The zero-order valence-electron chi connectivity index (χ0n) is 10.5. The van der Waals surface area contributed by atoms with Crippen LogP contribution in [0.15, 0.2) is 46.9 Å². The van der Waals surface area contributed by atoms with Crippen molar-refractivity contribution in [2.75, 3.05) is 7.05 Å². The van der Waals surface area contributed by atoms with Gasteiger partial charge in [-0.25, -0.2) is 4.39 Å². The minimum atomic E-state index is -0.388. The molecular formula is C15H14BrClFN. The summed E-state index contributed by atoms with van der Waals surface area (Å²) >= 11 is 9.38. The van der Waals surface area contributed by atoms with E-state index >= 15 is 0 Å². The molecule has 0 saturated heterocycles. The maximum Gasteiger partial charge on any atom is 0.141 e. The van der Waals surface area contributed by atoms with Crippen LogP contribution in [0, 0.1) is 5.82 Å². The lowest BCUT2D eigenvalue weighted by Gasteiger charge is -2.18. The first-order chi connectivity index (χ1) is 9.11. The molecule has 0 aliphatic carbocycles. The Morgan fingerprint density at radius 1 is 1.26 bits per heavy atom. The molecular weight excluding hydrogens is 329 g/mol. The van der Waals surface area contributed by atoms with E-state index in [4.69, 9.17) is 11.6 Å². The summed E-state index contributed by atoms with van der Waals surface area (Å²) in [5, 5.41) is 3.40. The highest BCUT2D eigenvalue weighted by atomic mass is 79.9. The Labute approximate surface area is 125 Å². The standard InChI is InChI=1S/C15H14BrClFN/c1-19-15(9-10-4-2-3-5-12(10)16)11-6-7-14(18)13(17)8-11/h2-8,15,19H,9H2,1H3. The Hall–Kier alpha value is -0.900. The molecule has 0 amide bonds. The summed E-state index contributed by atoms with van der Waals surface area (Å²) in [6.07, 6.45) is 0.805. The summed E-state index contributed by atoms with van der Waals surface area (Å²) in [4.78, 5) is 0. The quantitative estimate of drug-likeness (QED) is 0.846. The van der Waals surface area contributed by atoms with E-state index in [0.29, 0.717) is 0 Å². The van der Waals surface area contributed by atoms with Gasteiger partial charge in [0.25, 0.3) is 0 Å². The van der Waals surface area contributed by atoms with E-state index in [0.717, 1.165) is 16.5 Å². The number of nitrogens with one attached hydrogen (secondary N) is 1. The first-order valence-electron chi connectivity index (χ1n) is 5.97. The molecule has 1 atom stereocenters. The van der Waals surface area contributed by atoms with Gasteiger partial charge in [-0.15, -0.1) is 0 Å². The molecule has 0 aromatic heterocycles. The van der Waals surface area contributed by atoms with Gasteiger partial charge in [0, 0.05) is 10.5 Å². The molecule has 0 aliphatic rings. The SMILES string of the molecule is CNC(Cc1ccccc1Br)c1ccc(F)c(Cl)c1. The predicted molar refractivity (Wildman–Crippen MR) is 81.1 cm³/mol. The molecule has 0 saturated carbocycles.